The molecular weight excluding hydrogens is 388 g/mol. The molecule has 0 saturated heterocycles. The summed E-state index contributed by atoms with van der Waals surface area (Å²) >= 11 is 0. The largest absolute Gasteiger partial charge is 0.491 e. The Bertz CT molecular complexity index is 1150. The third kappa shape index (κ3) is 4.21. The van der Waals surface area contributed by atoms with Crippen molar-refractivity contribution in [3.63, 3.8) is 0 Å². The molecule has 31 heavy (non-hydrogen) atoms. The van der Waals surface area contributed by atoms with Gasteiger partial charge in [0.05, 0.1) is 17.4 Å². The minimum atomic E-state index is -0.386. The van der Waals surface area contributed by atoms with Crippen LogP contribution >= 0.6 is 0 Å². The zero-order chi connectivity index (χ0) is 22.0. The Labute approximate surface area is 182 Å². The number of benzene rings is 3. The summed E-state index contributed by atoms with van der Waals surface area (Å²) in [7, 11) is 0. The maximum Gasteiger partial charge on any atom is 0.282 e. The molecule has 1 aliphatic rings. The molecule has 1 heterocycles. The fourth-order valence-electron chi connectivity index (χ4n) is 3.57. The van der Waals surface area contributed by atoms with Crippen molar-refractivity contribution >= 4 is 28.8 Å². The third-order valence-corrected chi connectivity index (χ3v) is 4.90. The van der Waals surface area contributed by atoms with Crippen LogP contribution in [0.1, 0.15) is 25.0 Å². The van der Waals surface area contributed by atoms with Gasteiger partial charge in [-0.2, -0.15) is 0 Å². The van der Waals surface area contributed by atoms with Crippen LogP contribution in [0.25, 0.3) is 5.57 Å². The van der Waals surface area contributed by atoms with Gasteiger partial charge in [0.25, 0.3) is 11.8 Å². The molecule has 0 unspecified atom stereocenters. The smallest absolute Gasteiger partial charge is 0.282 e. The molecule has 5 heteroatoms. The SMILES string of the molecule is Cc1cccc(NC2=C(c3ccccc3)C(=O)N(c3ccc(OC(C)C)cc3)C2=O)c1. The average Bonchev–Trinajstić information content (AvgIpc) is 2.98. The first-order valence-electron chi connectivity index (χ1n) is 10.2. The molecule has 4 rings (SSSR count). The van der Waals surface area contributed by atoms with Crippen molar-refractivity contribution in [2.45, 2.75) is 26.9 Å². The maximum absolute atomic E-state index is 13.4. The second-order valence-corrected chi connectivity index (χ2v) is 7.72. The molecule has 0 aliphatic carbocycles. The number of ether oxygens (including phenoxy) is 1. The van der Waals surface area contributed by atoms with E-state index in [-0.39, 0.29) is 23.6 Å². The first-order valence-corrected chi connectivity index (χ1v) is 10.2. The van der Waals surface area contributed by atoms with E-state index < -0.39 is 0 Å². The van der Waals surface area contributed by atoms with Gasteiger partial charge in [0, 0.05) is 5.69 Å². The minimum Gasteiger partial charge on any atom is -0.491 e. The van der Waals surface area contributed by atoms with Crippen LogP contribution in [0.15, 0.2) is 84.6 Å². The number of nitrogens with zero attached hydrogens (tertiary/aromatic N) is 1. The van der Waals surface area contributed by atoms with Crippen molar-refractivity contribution in [1.82, 2.24) is 0 Å². The van der Waals surface area contributed by atoms with E-state index in [9.17, 15) is 9.59 Å². The normalized spacial score (nSPS) is 13.9. The van der Waals surface area contributed by atoms with Crippen molar-refractivity contribution < 1.29 is 14.3 Å². The molecule has 5 nitrogen and oxygen atoms in total. The lowest BCUT2D eigenvalue weighted by Gasteiger charge is -2.17. The number of hydrogen-bond donors (Lipinski definition) is 1. The first-order chi connectivity index (χ1) is 14.9. The topological polar surface area (TPSA) is 58.6 Å². The Morgan fingerprint density at radius 1 is 0.839 bits per heavy atom. The van der Waals surface area contributed by atoms with Crippen LogP contribution in [0, 0.1) is 6.92 Å². The summed E-state index contributed by atoms with van der Waals surface area (Å²) in [6.07, 6.45) is 0.0392. The van der Waals surface area contributed by atoms with E-state index in [2.05, 4.69) is 5.32 Å². The highest BCUT2D eigenvalue weighted by Gasteiger charge is 2.40. The molecule has 0 bridgehead atoms. The molecule has 156 valence electrons. The Balaban J connectivity index is 1.73. The zero-order valence-electron chi connectivity index (χ0n) is 17.8. The number of hydrogen-bond acceptors (Lipinski definition) is 4. The molecule has 1 aliphatic heterocycles. The molecule has 0 radical (unpaired) electrons. The highest BCUT2D eigenvalue weighted by Crippen LogP contribution is 2.34. The molecule has 0 atom stereocenters. The number of carbonyl (C=O) groups is 2. The third-order valence-electron chi connectivity index (χ3n) is 4.90. The number of rotatable bonds is 6. The lowest BCUT2D eigenvalue weighted by molar-refractivity contribution is -0.120. The predicted molar refractivity (Wildman–Crippen MR) is 123 cm³/mol. The van der Waals surface area contributed by atoms with Gasteiger partial charge in [-0.3, -0.25) is 9.59 Å². The van der Waals surface area contributed by atoms with Crippen molar-refractivity contribution in [2.24, 2.45) is 0 Å². The summed E-state index contributed by atoms with van der Waals surface area (Å²) < 4.78 is 5.68. The van der Waals surface area contributed by atoms with Gasteiger partial charge in [-0.15, -0.1) is 0 Å². The van der Waals surface area contributed by atoms with Gasteiger partial charge < -0.3 is 10.1 Å². The number of carbonyl (C=O) groups excluding carboxylic acids is 2. The van der Waals surface area contributed by atoms with Crippen LogP contribution < -0.4 is 15.0 Å². The summed E-state index contributed by atoms with van der Waals surface area (Å²) in [6, 6.07) is 23.9. The summed E-state index contributed by atoms with van der Waals surface area (Å²) in [5.41, 5.74) is 3.63. The van der Waals surface area contributed by atoms with Crippen LogP contribution in [-0.4, -0.2) is 17.9 Å². The average molecular weight is 412 g/mol. The van der Waals surface area contributed by atoms with Gasteiger partial charge in [-0.05, 0) is 68.3 Å². The Morgan fingerprint density at radius 3 is 2.19 bits per heavy atom. The van der Waals surface area contributed by atoms with Crippen molar-refractivity contribution in [1.29, 1.82) is 0 Å². The molecule has 0 saturated carbocycles. The molecular formula is C26H24N2O3. The van der Waals surface area contributed by atoms with Crippen LogP contribution in [0.3, 0.4) is 0 Å². The molecule has 0 fully saturated rings. The number of amides is 2. The van der Waals surface area contributed by atoms with Crippen molar-refractivity contribution in [3.8, 4) is 5.75 Å². The predicted octanol–water partition coefficient (Wildman–Crippen LogP) is 5.18. The highest BCUT2D eigenvalue weighted by atomic mass is 16.5. The summed E-state index contributed by atoms with van der Waals surface area (Å²) in [5, 5.41) is 3.19. The number of aryl methyl sites for hydroxylation is 1. The highest BCUT2D eigenvalue weighted by molar-refractivity contribution is 6.46. The minimum absolute atomic E-state index is 0.0392. The Morgan fingerprint density at radius 2 is 1.55 bits per heavy atom. The van der Waals surface area contributed by atoms with E-state index in [1.807, 2.05) is 75.4 Å². The van der Waals surface area contributed by atoms with E-state index in [0.29, 0.717) is 22.6 Å². The van der Waals surface area contributed by atoms with E-state index in [0.717, 1.165) is 11.3 Å². The second kappa shape index (κ2) is 8.48. The Kier molecular flexibility index (Phi) is 5.58. The molecule has 3 aromatic carbocycles. The second-order valence-electron chi connectivity index (χ2n) is 7.72. The first kappa shape index (κ1) is 20.4. The summed E-state index contributed by atoms with van der Waals surface area (Å²) in [6.45, 7) is 5.87. The van der Waals surface area contributed by atoms with E-state index in [1.165, 1.54) is 4.90 Å². The number of nitrogens with one attached hydrogen (secondary N) is 1. The maximum atomic E-state index is 13.4. The molecule has 0 aromatic heterocycles. The van der Waals surface area contributed by atoms with Gasteiger partial charge in [0.15, 0.2) is 0 Å². The zero-order valence-corrected chi connectivity index (χ0v) is 17.8. The molecule has 0 spiro atoms. The monoisotopic (exact) mass is 412 g/mol. The van der Waals surface area contributed by atoms with Crippen molar-refractivity contribution in [2.75, 3.05) is 10.2 Å². The van der Waals surface area contributed by atoms with Gasteiger partial charge in [-0.25, -0.2) is 4.90 Å². The van der Waals surface area contributed by atoms with Crippen molar-refractivity contribution in [3.05, 3.63) is 95.7 Å². The standard InChI is InChI=1S/C26H24N2O3/c1-17(2)31-22-14-12-21(13-15-22)28-25(29)23(19-9-5-4-6-10-19)24(26(28)30)27-20-11-7-8-18(3)16-20/h4-17,27H,1-3H3. The molecule has 2 amide bonds. The van der Waals surface area contributed by atoms with Crippen LogP contribution in [0.5, 0.6) is 5.75 Å². The van der Waals surface area contributed by atoms with Gasteiger partial charge in [0.1, 0.15) is 11.4 Å². The quantitative estimate of drug-likeness (QED) is 0.567. The lowest BCUT2D eigenvalue weighted by atomic mass is 10.0. The van der Waals surface area contributed by atoms with Gasteiger partial charge in [-0.1, -0.05) is 42.5 Å². The van der Waals surface area contributed by atoms with Crippen LogP contribution in [0.4, 0.5) is 11.4 Å². The molecule has 1 N–H and O–H groups in total. The van der Waals surface area contributed by atoms with E-state index in [1.54, 1.807) is 24.3 Å². The van der Waals surface area contributed by atoms with Gasteiger partial charge >= 0.3 is 0 Å². The lowest BCUT2D eigenvalue weighted by Crippen LogP contribution is -2.32. The fourth-order valence-corrected chi connectivity index (χ4v) is 3.57. The number of anilines is 2. The van der Waals surface area contributed by atoms with E-state index >= 15 is 0 Å². The fraction of sp³-hybridized carbons (Fsp3) is 0.154. The van der Waals surface area contributed by atoms with E-state index in [4.69, 9.17) is 4.74 Å². The number of imide groups is 1. The Hall–Kier alpha value is -3.86. The van der Waals surface area contributed by atoms with Gasteiger partial charge in [0.2, 0.25) is 0 Å². The summed E-state index contributed by atoms with van der Waals surface area (Å²) in [4.78, 5) is 28.0. The van der Waals surface area contributed by atoms with Crippen LogP contribution in [0.2, 0.25) is 0 Å². The summed E-state index contributed by atoms with van der Waals surface area (Å²) in [5.74, 6) is -0.0565. The molecule has 3 aromatic rings. The van der Waals surface area contributed by atoms with Crippen LogP contribution in [-0.2, 0) is 9.59 Å².